The summed E-state index contributed by atoms with van der Waals surface area (Å²) in [5, 5.41) is 12.4. The molecule has 0 aromatic heterocycles. The SMILES string of the molecule is Cc1ccc(C2CC(NC(C)CCO)C2)cc1. The van der Waals surface area contributed by atoms with Crippen LogP contribution in [0.3, 0.4) is 0 Å². The quantitative estimate of drug-likeness (QED) is 0.819. The minimum atomic E-state index is 0.280. The van der Waals surface area contributed by atoms with Gasteiger partial charge in [0.15, 0.2) is 0 Å². The van der Waals surface area contributed by atoms with Gasteiger partial charge in [-0.2, -0.15) is 0 Å². The van der Waals surface area contributed by atoms with Crippen LogP contribution in [0.25, 0.3) is 0 Å². The molecule has 2 rings (SSSR count). The molecular formula is C15H23NO. The van der Waals surface area contributed by atoms with Gasteiger partial charge in [0.1, 0.15) is 0 Å². The standard InChI is InChI=1S/C15H23NO/c1-11-3-5-13(6-4-11)14-9-15(10-14)16-12(2)7-8-17/h3-6,12,14-17H,7-10H2,1-2H3. The Bertz CT molecular complexity index is 340. The molecule has 2 nitrogen and oxygen atoms in total. The second-order valence-electron chi connectivity index (χ2n) is 5.36. The fourth-order valence-electron chi connectivity index (χ4n) is 2.54. The zero-order chi connectivity index (χ0) is 12.3. The Hall–Kier alpha value is -0.860. The van der Waals surface area contributed by atoms with Gasteiger partial charge in [0, 0.05) is 18.7 Å². The highest BCUT2D eigenvalue weighted by Gasteiger charge is 2.30. The maximum Gasteiger partial charge on any atom is 0.0445 e. The van der Waals surface area contributed by atoms with Crippen molar-refractivity contribution in [2.24, 2.45) is 0 Å². The van der Waals surface area contributed by atoms with E-state index < -0.39 is 0 Å². The predicted octanol–water partition coefficient (Wildman–Crippen LogP) is 2.60. The zero-order valence-electron chi connectivity index (χ0n) is 10.8. The van der Waals surface area contributed by atoms with Crippen LogP contribution in [0.15, 0.2) is 24.3 Å². The van der Waals surface area contributed by atoms with Gasteiger partial charge in [-0.15, -0.1) is 0 Å². The first-order valence-electron chi connectivity index (χ1n) is 6.62. The third kappa shape index (κ3) is 3.30. The smallest absolute Gasteiger partial charge is 0.0445 e. The molecule has 0 amide bonds. The molecule has 1 aromatic carbocycles. The lowest BCUT2D eigenvalue weighted by molar-refractivity contribution is 0.230. The molecule has 1 unspecified atom stereocenters. The van der Waals surface area contributed by atoms with Crippen LogP contribution in [-0.4, -0.2) is 23.8 Å². The normalized spacial score (nSPS) is 25.4. The lowest BCUT2D eigenvalue weighted by Crippen LogP contribution is -2.44. The maximum atomic E-state index is 8.86. The number of hydrogen-bond acceptors (Lipinski definition) is 2. The van der Waals surface area contributed by atoms with E-state index in [1.54, 1.807) is 0 Å². The van der Waals surface area contributed by atoms with Crippen LogP contribution >= 0.6 is 0 Å². The number of benzene rings is 1. The van der Waals surface area contributed by atoms with Gasteiger partial charge in [-0.05, 0) is 44.6 Å². The van der Waals surface area contributed by atoms with Crippen molar-refractivity contribution in [2.75, 3.05) is 6.61 Å². The summed E-state index contributed by atoms with van der Waals surface area (Å²) in [6, 6.07) is 9.99. The Balaban J connectivity index is 1.77. The zero-order valence-corrected chi connectivity index (χ0v) is 10.8. The molecule has 2 N–H and O–H groups in total. The highest BCUT2D eigenvalue weighted by Crippen LogP contribution is 2.37. The van der Waals surface area contributed by atoms with Gasteiger partial charge in [-0.25, -0.2) is 0 Å². The predicted molar refractivity (Wildman–Crippen MR) is 71.2 cm³/mol. The van der Waals surface area contributed by atoms with Crippen molar-refractivity contribution in [1.82, 2.24) is 5.32 Å². The summed E-state index contributed by atoms with van der Waals surface area (Å²) in [6.07, 6.45) is 3.32. The molecule has 1 aromatic rings. The van der Waals surface area contributed by atoms with E-state index in [9.17, 15) is 0 Å². The van der Waals surface area contributed by atoms with Crippen molar-refractivity contribution in [3.63, 3.8) is 0 Å². The Morgan fingerprint density at radius 2 is 1.94 bits per heavy atom. The number of aliphatic hydroxyl groups is 1. The van der Waals surface area contributed by atoms with Gasteiger partial charge in [0.2, 0.25) is 0 Å². The highest BCUT2D eigenvalue weighted by atomic mass is 16.3. The molecule has 0 radical (unpaired) electrons. The molecule has 0 spiro atoms. The van der Waals surface area contributed by atoms with E-state index in [2.05, 4.69) is 43.4 Å². The summed E-state index contributed by atoms with van der Waals surface area (Å²) in [5.74, 6) is 0.731. The average molecular weight is 233 g/mol. The van der Waals surface area contributed by atoms with Crippen molar-refractivity contribution >= 4 is 0 Å². The molecule has 0 heterocycles. The van der Waals surface area contributed by atoms with Crippen molar-refractivity contribution in [2.45, 2.75) is 51.1 Å². The number of rotatable bonds is 5. The van der Waals surface area contributed by atoms with Crippen molar-refractivity contribution in [3.8, 4) is 0 Å². The van der Waals surface area contributed by atoms with Crippen LogP contribution in [0, 0.1) is 6.92 Å². The Morgan fingerprint density at radius 1 is 1.29 bits per heavy atom. The van der Waals surface area contributed by atoms with Crippen molar-refractivity contribution in [3.05, 3.63) is 35.4 Å². The molecular weight excluding hydrogens is 210 g/mol. The summed E-state index contributed by atoms with van der Waals surface area (Å²) in [4.78, 5) is 0. The van der Waals surface area contributed by atoms with Crippen LogP contribution in [0.4, 0.5) is 0 Å². The number of nitrogens with one attached hydrogen (secondary N) is 1. The molecule has 1 saturated carbocycles. The lowest BCUT2D eigenvalue weighted by atomic mass is 9.75. The van der Waals surface area contributed by atoms with Gasteiger partial charge in [-0.1, -0.05) is 29.8 Å². The summed E-state index contributed by atoms with van der Waals surface area (Å²) >= 11 is 0. The van der Waals surface area contributed by atoms with E-state index in [4.69, 9.17) is 5.11 Å². The van der Waals surface area contributed by atoms with Gasteiger partial charge in [-0.3, -0.25) is 0 Å². The molecule has 1 aliphatic carbocycles. The molecule has 0 bridgehead atoms. The summed E-state index contributed by atoms with van der Waals surface area (Å²) < 4.78 is 0. The van der Waals surface area contributed by atoms with Crippen LogP contribution in [0.1, 0.15) is 43.2 Å². The van der Waals surface area contributed by atoms with Gasteiger partial charge in [0.05, 0.1) is 0 Å². The van der Waals surface area contributed by atoms with Crippen LogP contribution in [-0.2, 0) is 0 Å². The number of hydrogen-bond donors (Lipinski definition) is 2. The van der Waals surface area contributed by atoms with E-state index in [1.807, 2.05) is 0 Å². The number of aryl methyl sites for hydroxylation is 1. The van der Waals surface area contributed by atoms with Crippen molar-refractivity contribution < 1.29 is 5.11 Å². The molecule has 94 valence electrons. The molecule has 17 heavy (non-hydrogen) atoms. The molecule has 1 aliphatic rings. The minimum absolute atomic E-state index is 0.280. The van der Waals surface area contributed by atoms with E-state index in [0.717, 1.165) is 12.3 Å². The second-order valence-corrected chi connectivity index (χ2v) is 5.36. The van der Waals surface area contributed by atoms with E-state index in [0.29, 0.717) is 12.1 Å². The van der Waals surface area contributed by atoms with Gasteiger partial charge >= 0.3 is 0 Å². The first-order valence-corrected chi connectivity index (χ1v) is 6.62. The number of aliphatic hydroxyl groups excluding tert-OH is 1. The van der Waals surface area contributed by atoms with E-state index >= 15 is 0 Å². The molecule has 1 fully saturated rings. The fourth-order valence-corrected chi connectivity index (χ4v) is 2.54. The lowest BCUT2D eigenvalue weighted by Gasteiger charge is -2.38. The van der Waals surface area contributed by atoms with E-state index in [-0.39, 0.29) is 6.61 Å². The molecule has 1 atom stereocenters. The first kappa shape index (κ1) is 12.6. The van der Waals surface area contributed by atoms with Gasteiger partial charge in [0.25, 0.3) is 0 Å². The summed E-state index contributed by atoms with van der Waals surface area (Å²) in [5.41, 5.74) is 2.81. The summed E-state index contributed by atoms with van der Waals surface area (Å²) in [6.45, 7) is 4.56. The van der Waals surface area contributed by atoms with E-state index in [1.165, 1.54) is 24.0 Å². The Morgan fingerprint density at radius 3 is 2.53 bits per heavy atom. The van der Waals surface area contributed by atoms with Gasteiger partial charge < -0.3 is 10.4 Å². The molecule has 0 saturated heterocycles. The fraction of sp³-hybridized carbons (Fsp3) is 0.600. The van der Waals surface area contributed by atoms with Crippen molar-refractivity contribution in [1.29, 1.82) is 0 Å². The molecule has 0 aliphatic heterocycles. The van der Waals surface area contributed by atoms with Crippen LogP contribution in [0.5, 0.6) is 0 Å². The third-order valence-corrected chi connectivity index (χ3v) is 3.77. The Kier molecular flexibility index (Phi) is 4.19. The summed E-state index contributed by atoms with van der Waals surface area (Å²) in [7, 11) is 0. The molecule has 2 heteroatoms. The minimum Gasteiger partial charge on any atom is -0.396 e. The van der Waals surface area contributed by atoms with Crippen LogP contribution < -0.4 is 5.32 Å². The Labute approximate surface area is 104 Å². The largest absolute Gasteiger partial charge is 0.396 e. The maximum absolute atomic E-state index is 8.86. The second kappa shape index (κ2) is 5.65. The first-order chi connectivity index (χ1) is 8.19. The monoisotopic (exact) mass is 233 g/mol. The third-order valence-electron chi connectivity index (χ3n) is 3.77. The topological polar surface area (TPSA) is 32.3 Å². The highest BCUT2D eigenvalue weighted by molar-refractivity contribution is 5.26. The van der Waals surface area contributed by atoms with Crippen LogP contribution in [0.2, 0.25) is 0 Å². The average Bonchev–Trinajstić information content (AvgIpc) is 2.25.